The Bertz CT molecular complexity index is 765. The van der Waals surface area contributed by atoms with Crippen molar-refractivity contribution in [3.63, 3.8) is 0 Å². The van der Waals surface area contributed by atoms with Gasteiger partial charge in [-0.25, -0.2) is 9.97 Å². The first-order valence-corrected chi connectivity index (χ1v) is 7.99. The van der Waals surface area contributed by atoms with Crippen LogP contribution in [0, 0.1) is 0 Å². The first-order valence-electron chi connectivity index (χ1n) is 7.12. The van der Waals surface area contributed by atoms with E-state index in [0.717, 1.165) is 29.2 Å². The predicted molar refractivity (Wildman–Crippen MR) is 85.4 cm³/mol. The molecule has 0 radical (unpaired) electrons. The van der Waals surface area contributed by atoms with Crippen molar-refractivity contribution in [2.45, 2.75) is 12.8 Å². The first kappa shape index (κ1) is 12.6. The Morgan fingerprint density at radius 1 is 1.10 bits per heavy atom. The third-order valence-electron chi connectivity index (χ3n) is 3.68. The van der Waals surface area contributed by atoms with Gasteiger partial charge in [-0.1, -0.05) is 6.07 Å². The molecule has 0 atom stereocenters. The average molecular weight is 297 g/mol. The third kappa shape index (κ3) is 2.56. The number of ether oxygens (including phenoxy) is 1. The molecular formula is C16H15N3OS. The average Bonchev–Trinajstić information content (AvgIpc) is 3.18. The van der Waals surface area contributed by atoms with Crippen molar-refractivity contribution < 1.29 is 4.74 Å². The van der Waals surface area contributed by atoms with Gasteiger partial charge in [-0.05, 0) is 31.0 Å². The molecule has 0 saturated carbocycles. The highest BCUT2D eigenvalue weighted by Crippen LogP contribution is 2.28. The fourth-order valence-electron chi connectivity index (χ4n) is 2.63. The van der Waals surface area contributed by atoms with Gasteiger partial charge in [0.25, 0.3) is 0 Å². The molecule has 5 heteroatoms. The van der Waals surface area contributed by atoms with Gasteiger partial charge >= 0.3 is 0 Å². The highest BCUT2D eigenvalue weighted by atomic mass is 32.1. The molecule has 0 unspecified atom stereocenters. The number of pyridine rings is 1. The monoisotopic (exact) mass is 297 g/mol. The Morgan fingerprint density at radius 2 is 2.00 bits per heavy atom. The van der Waals surface area contributed by atoms with E-state index < -0.39 is 0 Å². The number of rotatable bonds is 3. The fraction of sp³-hybridized carbons (Fsp3) is 0.250. The molecule has 21 heavy (non-hydrogen) atoms. The van der Waals surface area contributed by atoms with Crippen LogP contribution in [-0.4, -0.2) is 23.1 Å². The summed E-state index contributed by atoms with van der Waals surface area (Å²) in [5.41, 5.74) is 3.94. The van der Waals surface area contributed by atoms with Crippen molar-refractivity contribution in [3.05, 3.63) is 41.9 Å². The van der Waals surface area contributed by atoms with Crippen molar-refractivity contribution in [1.82, 2.24) is 9.97 Å². The summed E-state index contributed by atoms with van der Waals surface area (Å²) >= 11 is 1.53. The number of hydrogen-bond donors (Lipinski definition) is 0. The van der Waals surface area contributed by atoms with Crippen LogP contribution in [0.2, 0.25) is 0 Å². The van der Waals surface area contributed by atoms with E-state index in [1.54, 1.807) is 5.51 Å². The van der Waals surface area contributed by atoms with Gasteiger partial charge in [-0.3, -0.25) is 0 Å². The van der Waals surface area contributed by atoms with E-state index in [-0.39, 0.29) is 0 Å². The summed E-state index contributed by atoms with van der Waals surface area (Å²) in [6.45, 7) is 2.27. The normalized spacial score (nSPS) is 14.8. The van der Waals surface area contributed by atoms with Crippen LogP contribution in [0.25, 0.3) is 10.3 Å². The van der Waals surface area contributed by atoms with Gasteiger partial charge in [-0.15, -0.1) is 11.3 Å². The van der Waals surface area contributed by atoms with Gasteiger partial charge in [0.05, 0.1) is 5.51 Å². The number of thiazole rings is 1. The smallest absolute Gasteiger partial charge is 0.220 e. The maximum atomic E-state index is 5.90. The van der Waals surface area contributed by atoms with E-state index in [2.05, 4.69) is 27.0 Å². The molecule has 106 valence electrons. The van der Waals surface area contributed by atoms with Gasteiger partial charge in [0, 0.05) is 30.9 Å². The van der Waals surface area contributed by atoms with Crippen LogP contribution in [0.1, 0.15) is 12.8 Å². The zero-order valence-electron chi connectivity index (χ0n) is 11.5. The van der Waals surface area contributed by atoms with Gasteiger partial charge in [0.2, 0.25) is 5.88 Å². The summed E-state index contributed by atoms with van der Waals surface area (Å²) in [6, 6.07) is 12.0. The van der Waals surface area contributed by atoms with Crippen molar-refractivity contribution >= 4 is 27.4 Å². The molecule has 1 saturated heterocycles. The van der Waals surface area contributed by atoms with E-state index in [9.17, 15) is 0 Å². The summed E-state index contributed by atoms with van der Waals surface area (Å²) in [5, 5.41) is 0. The van der Waals surface area contributed by atoms with Crippen LogP contribution in [0.5, 0.6) is 11.6 Å². The summed E-state index contributed by atoms with van der Waals surface area (Å²) in [4.78, 5) is 12.0. The fourth-order valence-corrected chi connectivity index (χ4v) is 3.28. The minimum Gasteiger partial charge on any atom is -0.439 e. The summed E-state index contributed by atoms with van der Waals surface area (Å²) < 4.78 is 5.90. The van der Waals surface area contributed by atoms with Crippen molar-refractivity contribution in [1.29, 1.82) is 0 Å². The van der Waals surface area contributed by atoms with Crippen molar-refractivity contribution in [2.75, 3.05) is 18.0 Å². The number of anilines is 1. The lowest BCUT2D eigenvalue weighted by atomic mass is 10.3. The highest BCUT2D eigenvalue weighted by Gasteiger charge is 2.13. The molecule has 0 aliphatic carbocycles. The Labute approximate surface area is 127 Å². The number of hydrogen-bond acceptors (Lipinski definition) is 5. The Balaban J connectivity index is 1.59. The third-order valence-corrected chi connectivity index (χ3v) is 4.42. The largest absolute Gasteiger partial charge is 0.439 e. The molecule has 2 aromatic heterocycles. The molecule has 3 aromatic rings. The molecule has 3 heterocycles. The quantitative estimate of drug-likeness (QED) is 0.730. The molecule has 1 aliphatic rings. The van der Waals surface area contributed by atoms with Crippen LogP contribution in [0.15, 0.2) is 41.9 Å². The van der Waals surface area contributed by atoms with Crippen LogP contribution in [0.3, 0.4) is 0 Å². The number of fused-ring (bicyclic) bond motifs is 1. The second kappa shape index (κ2) is 5.33. The summed E-state index contributed by atoms with van der Waals surface area (Å²) in [5.74, 6) is 1.45. The number of aromatic nitrogens is 2. The SMILES string of the molecule is c1cc(Oc2ccc3ncsc3n2)cc(N2CCCC2)c1. The van der Waals surface area contributed by atoms with Crippen LogP contribution < -0.4 is 9.64 Å². The second-order valence-electron chi connectivity index (χ2n) is 5.12. The Morgan fingerprint density at radius 3 is 2.90 bits per heavy atom. The molecule has 1 aliphatic heterocycles. The van der Waals surface area contributed by atoms with Crippen molar-refractivity contribution in [2.24, 2.45) is 0 Å². The standard InChI is InChI=1S/C16H15N3OS/c1-2-9-19(8-1)12-4-3-5-13(10-12)20-15-7-6-14-16(18-15)21-11-17-14/h3-7,10-11H,1-2,8-9H2. The lowest BCUT2D eigenvalue weighted by Gasteiger charge is -2.18. The molecule has 4 nitrogen and oxygen atoms in total. The lowest BCUT2D eigenvalue weighted by molar-refractivity contribution is 0.465. The minimum atomic E-state index is 0.616. The molecule has 0 amide bonds. The van der Waals surface area contributed by atoms with Crippen LogP contribution in [-0.2, 0) is 0 Å². The molecule has 4 rings (SSSR count). The maximum Gasteiger partial charge on any atom is 0.220 e. The molecule has 0 spiro atoms. The van der Waals surface area contributed by atoms with Gasteiger partial charge in [0.15, 0.2) is 0 Å². The van der Waals surface area contributed by atoms with E-state index in [4.69, 9.17) is 4.74 Å². The number of benzene rings is 1. The molecule has 1 aromatic carbocycles. The topological polar surface area (TPSA) is 38.3 Å². The zero-order chi connectivity index (χ0) is 14.1. The van der Waals surface area contributed by atoms with E-state index in [1.807, 2.05) is 24.3 Å². The van der Waals surface area contributed by atoms with E-state index in [0.29, 0.717) is 5.88 Å². The molecule has 0 bridgehead atoms. The van der Waals surface area contributed by atoms with Gasteiger partial charge < -0.3 is 9.64 Å². The maximum absolute atomic E-state index is 5.90. The van der Waals surface area contributed by atoms with E-state index >= 15 is 0 Å². The summed E-state index contributed by atoms with van der Waals surface area (Å²) in [7, 11) is 0. The number of nitrogens with zero attached hydrogens (tertiary/aromatic N) is 3. The molecule has 1 fully saturated rings. The Kier molecular flexibility index (Phi) is 3.20. The zero-order valence-corrected chi connectivity index (χ0v) is 12.3. The minimum absolute atomic E-state index is 0.616. The molecule has 0 N–H and O–H groups in total. The van der Waals surface area contributed by atoms with Gasteiger partial charge in [0.1, 0.15) is 16.1 Å². The lowest BCUT2D eigenvalue weighted by Crippen LogP contribution is -2.17. The van der Waals surface area contributed by atoms with E-state index in [1.165, 1.54) is 29.9 Å². The van der Waals surface area contributed by atoms with Crippen LogP contribution >= 0.6 is 11.3 Å². The summed E-state index contributed by atoms with van der Waals surface area (Å²) in [6.07, 6.45) is 2.55. The predicted octanol–water partition coefficient (Wildman–Crippen LogP) is 4.08. The van der Waals surface area contributed by atoms with Crippen LogP contribution in [0.4, 0.5) is 5.69 Å². The van der Waals surface area contributed by atoms with Gasteiger partial charge in [-0.2, -0.15) is 0 Å². The van der Waals surface area contributed by atoms with Crippen molar-refractivity contribution in [3.8, 4) is 11.6 Å². The molecular weight excluding hydrogens is 282 g/mol. The second-order valence-corrected chi connectivity index (χ2v) is 5.95. The Hall–Kier alpha value is -2.14. The highest BCUT2D eigenvalue weighted by molar-refractivity contribution is 7.16. The first-order chi connectivity index (χ1) is 10.4.